The molecule has 0 saturated carbocycles. The molecule has 2 heterocycles. The highest BCUT2D eigenvalue weighted by Gasteiger charge is 2.31. The SMILES string of the molecule is COc1ccccc1OCCCn1cc(/C=C2\C(=O)NC(=S)N(C)C2=O)c2ccccc21. The van der Waals surface area contributed by atoms with Gasteiger partial charge in [-0.2, -0.15) is 0 Å². The third-order valence-electron chi connectivity index (χ3n) is 5.29. The van der Waals surface area contributed by atoms with Crippen LogP contribution < -0.4 is 14.8 Å². The second-order valence-electron chi connectivity index (χ2n) is 7.33. The monoisotopic (exact) mass is 449 g/mol. The van der Waals surface area contributed by atoms with Gasteiger partial charge in [0, 0.05) is 36.3 Å². The number of para-hydroxylation sites is 3. The van der Waals surface area contributed by atoms with Crippen LogP contribution in [0.4, 0.5) is 0 Å². The van der Waals surface area contributed by atoms with Gasteiger partial charge in [0.05, 0.1) is 13.7 Å². The van der Waals surface area contributed by atoms with Crippen LogP contribution in [0.5, 0.6) is 11.5 Å². The number of fused-ring (bicyclic) bond motifs is 1. The molecule has 1 aliphatic heterocycles. The van der Waals surface area contributed by atoms with Crippen molar-refractivity contribution in [3.05, 3.63) is 65.9 Å². The highest BCUT2D eigenvalue weighted by Crippen LogP contribution is 2.27. The number of aromatic nitrogens is 1. The molecular weight excluding hydrogens is 426 g/mol. The standard InChI is InChI=1S/C24H23N3O4S/c1-26-23(29)18(22(28)25-24(26)32)14-16-15-27(19-9-4-3-8-17(16)19)12-7-13-31-21-11-6-5-10-20(21)30-2/h3-6,8-11,14-15H,7,12-13H2,1-2H3,(H,25,28,32)/b18-14+. The van der Waals surface area contributed by atoms with Gasteiger partial charge in [0.15, 0.2) is 16.6 Å². The maximum Gasteiger partial charge on any atom is 0.265 e. The number of ether oxygens (including phenoxy) is 2. The first-order chi connectivity index (χ1) is 15.5. The van der Waals surface area contributed by atoms with E-state index >= 15 is 0 Å². The highest BCUT2D eigenvalue weighted by atomic mass is 32.1. The van der Waals surface area contributed by atoms with Gasteiger partial charge in [-0.15, -0.1) is 0 Å². The Morgan fingerprint density at radius 2 is 1.78 bits per heavy atom. The summed E-state index contributed by atoms with van der Waals surface area (Å²) in [6.45, 7) is 1.23. The van der Waals surface area contributed by atoms with Crippen LogP contribution in [0.3, 0.4) is 0 Å². The lowest BCUT2D eigenvalue weighted by Gasteiger charge is -2.24. The van der Waals surface area contributed by atoms with Gasteiger partial charge in [-0.05, 0) is 42.9 Å². The minimum atomic E-state index is -0.486. The first-order valence-electron chi connectivity index (χ1n) is 10.2. The average Bonchev–Trinajstić information content (AvgIpc) is 3.16. The number of carbonyl (C=O) groups is 2. The molecule has 0 radical (unpaired) electrons. The van der Waals surface area contributed by atoms with Crippen LogP contribution in [0.2, 0.25) is 0 Å². The van der Waals surface area contributed by atoms with Crippen molar-refractivity contribution < 1.29 is 19.1 Å². The second-order valence-corrected chi connectivity index (χ2v) is 7.72. The lowest BCUT2D eigenvalue weighted by atomic mass is 10.1. The fraction of sp³-hybridized carbons (Fsp3) is 0.208. The van der Waals surface area contributed by atoms with Gasteiger partial charge in [0.25, 0.3) is 11.8 Å². The van der Waals surface area contributed by atoms with Crippen molar-refractivity contribution >= 4 is 46.1 Å². The summed E-state index contributed by atoms with van der Waals surface area (Å²) in [7, 11) is 3.16. The van der Waals surface area contributed by atoms with Crippen LogP contribution >= 0.6 is 12.2 Å². The largest absolute Gasteiger partial charge is 0.493 e. The molecule has 1 saturated heterocycles. The van der Waals surface area contributed by atoms with Crippen molar-refractivity contribution in [2.45, 2.75) is 13.0 Å². The normalized spacial score (nSPS) is 15.4. The number of carbonyl (C=O) groups excluding carboxylic acids is 2. The van der Waals surface area contributed by atoms with Crippen molar-refractivity contribution in [1.82, 2.24) is 14.8 Å². The summed E-state index contributed by atoms with van der Waals surface area (Å²) in [5.74, 6) is 0.510. The molecular formula is C24H23N3O4S. The van der Waals surface area contributed by atoms with E-state index in [1.807, 2.05) is 54.7 Å². The fourth-order valence-corrected chi connectivity index (χ4v) is 3.81. The Balaban J connectivity index is 1.54. The summed E-state index contributed by atoms with van der Waals surface area (Å²) in [6, 6.07) is 15.4. The Morgan fingerprint density at radius 3 is 2.56 bits per heavy atom. The van der Waals surface area contributed by atoms with E-state index in [1.165, 1.54) is 4.90 Å². The van der Waals surface area contributed by atoms with Gasteiger partial charge < -0.3 is 14.0 Å². The molecule has 2 amide bonds. The zero-order valence-electron chi connectivity index (χ0n) is 17.8. The van der Waals surface area contributed by atoms with Crippen LogP contribution in [0.25, 0.3) is 17.0 Å². The zero-order chi connectivity index (χ0) is 22.7. The Labute approximate surface area is 191 Å². The maximum absolute atomic E-state index is 12.6. The van der Waals surface area contributed by atoms with Crippen LogP contribution in [-0.2, 0) is 16.1 Å². The summed E-state index contributed by atoms with van der Waals surface area (Å²) in [5.41, 5.74) is 1.87. The van der Waals surface area contributed by atoms with E-state index in [0.717, 1.165) is 22.9 Å². The molecule has 0 unspecified atom stereocenters. The third kappa shape index (κ3) is 4.22. The lowest BCUT2D eigenvalue weighted by Crippen LogP contribution is -2.52. The minimum absolute atomic E-state index is 0.0588. The predicted octanol–water partition coefficient (Wildman–Crippen LogP) is 3.38. The van der Waals surface area contributed by atoms with E-state index in [4.69, 9.17) is 21.7 Å². The summed E-state index contributed by atoms with van der Waals surface area (Å²) < 4.78 is 13.3. The smallest absolute Gasteiger partial charge is 0.265 e. The van der Waals surface area contributed by atoms with E-state index in [2.05, 4.69) is 9.88 Å². The molecule has 32 heavy (non-hydrogen) atoms. The number of nitrogens with one attached hydrogen (secondary N) is 1. The van der Waals surface area contributed by atoms with Gasteiger partial charge in [0.1, 0.15) is 5.57 Å². The molecule has 8 heteroatoms. The molecule has 164 valence electrons. The van der Waals surface area contributed by atoms with Crippen molar-refractivity contribution in [3.63, 3.8) is 0 Å². The predicted molar refractivity (Wildman–Crippen MR) is 127 cm³/mol. The van der Waals surface area contributed by atoms with E-state index in [-0.39, 0.29) is 10.7 Å². The molecule has 3 aromatic rings. The van der Waals surface area contributed by atoms with Crippen molar-refractivity contribution in [3.8, 4) is 11.5 Å². The Morgan fingerprint density at radius 1 is 1.06 bits per heavy atom. The molecule has 0 aliphatic carbocycles. The van der Waals surface area contributed by atoms with Crippen LogP contribution in [0, 0.1) is 0 Å². The lowest BCUT2D eigenvalue weighted by molar-refractivity contribution is -0.128. The van der Waals surface area contributed by atoms with Crippen molar-refractivity contribution in [1.29, 1.82) is 0 Å². The summed E-state index contributed by atoms with van der Waals surface area (Å²) in [6.07, 6.45) is 4.34. The summed E-state index contributed by atoms with van der Waals surface area (Å²) in [4.78, 5) is 26.2. The number of methoxy groups -OCH3 is 1. The van der Waals surface area contributed by atoms with Crippen LogP contribution in [0.15, 0.2) is 60.3 Å². The number of nitrogens with zero attached hydrogens (tertiary/aromatic N) is 2. The van der Waals surface area contributed by atoms with Gasteiger partial charge in [-0.1, -0.05) is 30.3 Å². The number of hydrogen-bond donors (Lipinski definition) is 1. The summed E-state index contributed by atoms with van der Waals surface area (Å²) >= 11 is 5.01. The van der Waals surface area contributed by atoms with E-state index in [0.29, 0.717) is 24.7 Å². The van der Waals surface area contributed by atoms with Gasteiger partial charge in [-0.25, -0.2) is 0 Å². The first-order valence-corrected chi connectivity index (χ1v) is 10.6. The molecule has 1 aromatic heterocycles. The molecule has 2 aromatic carbocycles. The highest BCUT2D eigenvalue weighted by molar-refractivity contribution is 7.80. The van der Waals surface area contributed by atoms with Gasteiger partial charge in [0.2, 0.25) is 0 Å². The number of amides is 2. The molecule has 1 fully saturated rings. The number of hydrogen-bond acceptors (Lipinski definition) is 5. The summed E-state index contributed by atoms with van der Waals surface area (Å²) in [5, 5.41) is 3.61. The van der Waals surface area contributed by atoms with E-state index in [1.54, 1.807) is 20.2 Å². The molecule has 1 aliphatic rings. The average molecular weight is 450 g/mol. The molecule has 7 nitrogen and oxygen atoms in total. The van der Waals surface area contributed by atoms with Gasteiger partial charge >= 0.3 is 0 Å². The topological polar surface area (TPSA) is 72.8 Å². The fourth-order valence-electron chi connectivity index (χ4n) is 3.63. The van der Waals surface area contributed by atoms with E-state index < -0.39 is 11.8 Å². The Hall–Kier alpha value is -3.65. The van der Waals surface area contributed by atoms with Crippen LogP contribution in [-0.4, -0.2) is 47.2 Å². The molecule has 0 atom stereocenters. The maximum atomic E-state index is 12.6. The quantitative estimate of drug-likeness (QED) is 0.259. The van der Waals surface area contributed by atoms with Crippen molar-refractivity contribution in [2.75, 3.05) is 20.8 Å². The second kappa shape index (κ2) is 9.23. The Bertz CT molecular complexity index is 1230. The number of likely N-dealkylation sites (N-methyl/N-ethyl adjacent to an activating group) is 1. The number of benzene rings is 2. The number of aryl methyl sites for hydroxylation is 1. The minimum Gasteiger partial charge on any atom is -0.493 e. The molecule has 0 spiro atoms. The van der Waals surface area contributed by atoms with E-state index in [9.17, 15) is 9.59 Å². The number of thiocarbonyl (C=S) groups is 1. The van der Waals surface area contributed by atoms with Gasteiger partial charge in [-0.3, -0.25) is 19.8 Å². The molecule has 1 N–H and O–H groups in total. The Kier molecular flexibility index (Phi) is 6.23. The van der Waals surface area contributed by atoms with Crippen molar-refractivity contribution in [2.24, 2.45) is 0 Å². The molecule has 0 bridgehead atoms. The van der Waals surface area contributed by atoms with Crippen LogP contribution in [0.1, 0.15) is 12.0 Å². The zero-order valence-corrected chi connectivity index (χ0v) is 18.6. The first kappa shape index (κ1) is 21.6. The third-order valence-corrected chi connectivity index (χ3v) is 5.67. The molecule has 4 rings (SSSR count). The number of rotatable bonds is 7.